The molecule has 0 amide bonds. The van der Waals surface area contributed by atoms with Gasteiger partial charge in [0.2, 0.25) is 0 Å². The maximum Gasteiger partial charge on any atom is 0.176 e. The standard InChI is InChI=1S/C17H16N4/c1-12-7-9-14(10-8-12)13(2)19-21-17-16-6-4-3-5-15(16)11-18-20-17/h3-11H,1-2H3,(H,20,21). The fourth-order valence-electron chi connectivity index (χ4n) is 2.11. The summed E-state index contributed by atoms with van der Waals surface area (Å²) in [5, 5.41) is 14.6. The van der Waals surface area contributed by atoms with E-state index >= 15 is 0 Å². The van der Waals surface area contributed by atoms with Crippen molar-refractivity contribution in [3.63, 3.8) is 0 Å². The molecule has 4 nitrogen and oxygen atoms in total. The van der Waals surface area contributed by atoms with Crippen molar-refractivity contribution in [3.8, 4) is 0 Å². The number of nitrogens with zero attached hydrogens (tertiary/aromatic N) is 3. The fraction of sp³-hybridized carbons (Fsp3) is 0.118. The van der Waals surface area contributed by atoms with Crippen LogP contribution in [-0.2, 0) is 0 Å². The maximum atomic E-state index is 4.41. The van der Waals surface area contributed by atoms with Crippen LogP contribution in [0.15, 0.2) is 59.8 Å². The molecule has 0 aliphatic rings. The second-order valence-corrected chi connectivity index (χ2v) is 4.96. The molecule has 0 saturated carbocycles. The first-order valence-electron chi connectivity index (χ1n) is 6.82. The Labute approximate surface area is 123 Å². The number of rotatable bonds is 3. The minimum atomic E-state index is 0.666. The molecule has 0 unspecified atom stereocenters. The second-order valence-electron chi connectivity index (χ2n) is 4.96. The molecule has 2 aromatic carbocycles. The summed E-state index contributed by atoms with van der Waals surface area (Å²) in [6.45, 7) is 4.04. The van der Waals surface area contributed by atoms with Crippen LogP contribution in [0.4, 0.5) is 5.82 Å². The highest BCUT2D eigenvalue weighted by Crippen LogP contribution is 2.19. The lowest BCUT2D eigenvalue weighted by atomic mass is 10.1. The Morgan fingerprint density at radius 2 is 1.81 bits per heavy atom. The normalized spacial score (nSPS) is 11.6. The minimum absolute atomic E-state index is 0.666. The Morgan fingerprint density at radius 3 is 2.62 bits per heavy atom. The van der Waals surface area contributed by atoms with Crippen LogP contribution in [0, 0.1) is 6.92 Å². The van der Waals surface area contributed by atoms with Crippen LogP contribution in [0.25, 0.3) is 10.8 Å². The van der Waals surface area contributed by atoms with Gasteiger partial charge in [0.15, 0.2) is 5.82 Å². The highest BCUT2D eigenvalue weighted by molar-refractivity contribution is 5.99. The Bertz CT molecular complexity index is 786. The molecule has 1 heterocycles. The largest absolute Gasteiger partial charge is 0.259 e. The van der Waals surface area contributed by atoms with E-state index in [1.807, 2.05) is 31.2 Å². The van der Waals surface area contributed by atoms with Gasteiger partial charge < -0.3 is 0 Å². The van der Waals surface area contributed by atoms with Gasteiger partial charge in [0, 0.05) is 10.8 Å². The molecule has 104 valence electrons. The van der Waals surface area contributed by atoms with E-state index in [1.165, 1.54) is 5.56 Å². The molecule has 3 rings (SSSR count). The van der Waals surface area contributed by atoms with Crippen molar-refractivity contribution in [2.45, 2.75) is 13.8 Å². The maximum absolute atomic E-state index is 4.41. The first-order chi connectivity index (χ1) is 10.2. The van der Waals surface area contributed by atoms with E-state index in [4.69, 9.17) is 0 Å². The second kappa shape index (κ2) is 5.71. The number of anilines is 1. The lowest BCUT2D eigenvalue weighted by Crippen LogP contribution is -2.02. The number of fused-ring (bicyclic) bond motifs is 1. The van der Waals surface area contributed by atoms with Crippen molar-refractivity contribution < 1.29 is 0 Å². The lowest BCUT2D eigenvalue weighted by molar-refractivity contribution is 1.04. The van der Waals surface area contributed by atoms with Gasteiger partial charge in [0.1, 0.15) is 0 Å². The van der Waals surface area contributed by atoms with E-state index in [-0.39, 0.29) is 0 Å². The third-order valence-electron chi connectivity index (χ3n) is 3.37. The summed E-state index contributed by atoms with van der Waals surface area (Å²) in [4.78, 5) is 0. The summed E-state index contributed by atoms with van der Waals surface area (Å²) in [6.07, 6.45) is 1.75. The van der Waals surface area contributed by atoms with E-state index in [1.54, 1.807) is 6.20 Å². The van der Waals surface area contributed by atoms with E-state index in [0.717, 1.165) is 22.0 Å². The van der Waals surface area contributed by atoms with Gasteiger partial charge in [-0.1, -0.05) is 54.1 Å². The molecule has 0 fully saturated rings. The Balaban J connectivity index is 1.88. The van der Waals surface area contributed by atoms with E-state index < -0.39 is 0 Å². The molecule has 0 spiro atoms. The molecule has 3 aromatic rings. The molecule has 1 aromatic heterocycles. The predicted molar refractivity (Wildman–Crippen MR) is 86.6 cm³/mol. The highest BCUT2D eigenvalue weighted by Gasteiger charge is 2.02. The monoisotopic (exact) mass is 276 g/mol. The average Bonchev–Trinajstić information content (AvgIpc) is 2.53. The molecule has 0 aliphatic carbocycles. The summed E-state index contributed by atoms with van der Waals surface area (Å²) >= 11 is 0. The van der Waals surface area contributed by atoms with Crippen molar-refractivity contribution in [2.75, 3.05) is 5.43 Å². The summed E-state index contributed by atoms with van der Waals surface area (Å²) in [5.74, 6) is 0.666. The van der Waals surface area contributed by atoms with E-state index in [9.17, 15) is 0 Å². The zero-order valence-electron chi connectivity index (χ0n) is 12.0. The Hall–Kier alpha value is -2.75. The first kappa shape index (κ1) is 13.2. The third kappa shape index (κ3) is 2.89. The number of hydrogen-bond acceptors (Lipinski definition) is 4. The highest BCUT2D eigenvalue weighted by atomic mass is 15.3. The summed E-state index contributed by atoms with van der Waals surface area (Å²) in [6, 6.07) is 16.2. The van der Waals surface area contributed by atoms with Gasteiger partial charge in [-0.15, -0.1) is 5.10 Å². The topological polar surface area (TPSA) is 50.2 Å². The van der Waals surface area contributed by atoms with Gasteiger partial charge >= 0.3 is 0 Å². The molecule has 21 heavy (non-hydrogen) atoms. The molecule has 0 radical (unpaired) electrons. The quantitative estimate of drug-likeness (QED) is 0.585. The summed E-state index contributed by atoms with van der Waals surface area (Å²) in [7, 11) is 0. The van der Waals surface area contributed by atoms with Crippen molar-refractivity contribution in [3.05, 3.63) is 65.9 Å². The number of benzene rings is 2. The van der Waals surface area contributed by atoms with E-state index in [0.29, 0.717) is 5.82 Å². The summed E-state index contributed by atoms with van der Waals surface area (Å²) in [5.41, 5.74) is 6.24. The van der Waals surface area contributed by atoms with Gasteiger partial charge in [-0.2, -0.15) is 10.2 Å². The number of nitrogens with one attached hydrogen (secondary N) is 1. The third-order valence-corrected chi connectivity index (χ3v) is 3.37. The van der Waals surface area contributed by atoms with Crippen LogP contribution in [-0.4, -0.2) is 15.9 Å². The Morgan fingerprint density at radius 1 is 1.05 bits per heavy atom. The van der Waals surface area contributed by atoms with Crippen molar-refractivity contribution in [2.24, 2.45) is 5.10 Å². The Kier molecular flexibility index (Phi) is 3.60. The van der Waals surface area contributed by atoms with Gasteiger partial charge in [-0.3, -0.25) is 5.43 Å². The number of hydrazone groups is 1. The molecule has 0 saturated heterocycles. The smallest absolute Gasteiger partial charge is 0.176 e. The van der Waals surface area contributed by atoms with Gasteiger partial charge in [0.25, 0.3) is 0 Å². The summed E-state index contributed by atoms with van der Waals surface area (Å²) < 4.78 is 0. The molecule has 0 bridgehead atoms. The zero-order chi connectivity index (χ0) is 14.7. The SMILES string of the molecule is CC(=NNc1nncc2ccccc12)c1ccc(C)cc1. The van der Waals surface area contributed by atoms with E-state index in [2.05, 4.69) is 51.9 Å². The van der Waals surface area contributed by atoms with Gasteiger partial charge in [-0.05, 0) is 19.4 Å². The van der Waals surface area contributed by atoms with Crippen molar-refractivity contribution in [1.29, 1.82) is 0 Å². The fourth-order valence-corrected chi connectivity index (χ4v) is 2.11. The molecular weight excluding hydrogens is 260 g/mol. The van der Waals surface area contributed by atoms with Crippen LogP contribution in [0.3, 0.4) is 0 Å². The average molecular weight is 276 g/mol. The predicted octanol–water partition coefficient (Wildman–Crippen LogP) is 3.77. The number of hydrogen-bond donors (Lipinski definition) is 1. The number of aromatic nitrogens is 2. The van der Waals surface area contributed by atoms with Gasteiger partial charge in [-0.25, -0.2) is 0 Å². The van der Waals surface area contributed by atoms with Crippen LogP contribution >= 0.6 is 0 Å². The first-order valence-corrected chi connectivity index (χ1v) is 6.82. The number of aryl methyl sites for hydroxylation is 1. The van der Waals surface area contributed by atoms with Gasteiger partial charge in [0.05, 0.1) is 11.9 Å². The molecular formula is C17H16N4. The zero-order valence-corrected chi connectivity index (χ0v) is 12.0. The van der Waals surface area contributed by atoms with Crippen LogP contribution in [0.1, 0.15) is 18.1 Å². The molecule has 0 aliphatic heterocycles. The lowest BCUT2D eigenvalue weighted by Gasteiger charge is -2.05. The van der Waals surface area contributed by atoms with Crippen LogP contribution in [0.5, 0.6) is 0 Å². The van der Waals surface area contributed by atoms with Crippen LogP contribution < -0.4 is 5.43 Å². The van der Waals surface area contributed by atoms with Crippen molar-refractivity contribution in [1.82, 2.24) is 10.2 Å². The molecule has 1 N–H and O–H groups in total. The molecule has 0 atom stereocenters. The van der Waals surface area contributed by atoms with Crippen LogP contribution in [0.2, 0.25) is 0 Å². The molecule has 4 heteroatoms. The van der Waals surface area contributed by atoms with Crippen molar-refractivity contribution >= 4 is 22.3 Å². The minimum Gasteiger partial charge on any atom is -0.259 e.